The van der Waals surface area contributed by atoms with Crippen molar-refractivity contribution in [2.45, 2.75) is 35.7 Å². The van der Waals surface area contributed by atoms with Crippen LogP contribution in [0.1, 0.15) is 13.3 Å². The van der Waals surface area contributed by atoms with Crippen molar-refractivity contribution < 1.29 is 24.1 Å². The highest BCUT2D eigenvalue weighted by molar-refractivity contribution is 9.12. The number of carbonyl (C=O) groups excluding carboxylic acids is 1. The van der Waals surface area contributed by atoms with E-state index >= 15 is 0 Å². The van der Waals surface area contributed by atoms with Crippen LogP contribution in [-0.4, -0.2) is 47.1 Å². The van der Waals surface area contributed by atoms with Gasteiger partial charge >= 0.3 is 5.97 Å². The van der Waals surface area contributed by atoms with Crippen LogP contribution in [0.2, 0.25) is 0 Å². The van der Waals surface area contributed by atoms with Crippen LogP contribution in [0.3, 0.4) is 0 Å². The number of carbonyl (C=O) groups is 1. The molecule has 1 aliphatic heterocycles. The number of hydrogen-bond acceptors (Lipinski definition) is 5. The fourth-order valence-electron chi connectivity index (χ4n) is 2.35. The first-order chi connectivity index (χ1) is 8.39. The Morgan fingerprint density at radius 2 is 2.33 bits per heavy atom. The molecule has 1 fully saturated rings. The van der Waals surface area contributed by atoms with E-state index in [0.717, 1.165) is 0 Å². The molecule has 4 atom stereocenters. The average molecular weight is 386 g/mol. The van der Waals surface area contributed by atoms with Crippen LogP contribution in [0, 0.1) is 0 Å². The molecule has 1 heterocycles. The molecule has 0 saturated carbocycles. The zero-order valence-electron chi connectivity index (χ0n) is 9.98. The third kappa shape index (κ3) is 1.96. The number of halogens is 2. The summed E-state index contributed by atoms with van der Waals surface area (Å²) in [5.74, 6) is -1.54. The van der Waals surface area contributed by atoms with Crippen LogP contribution in [0.25, 0.3) is 0 Å². The van der Waals surface area contributed by atoms with Gasteiger partial charge in [-0.2, -0.15) is 0 Å². The van der Waals surface area contributed by atoms with Crippen molar-refractivity contribution in [3.63, 3.8) is 0 Å². The lowest BCUT2D eigenvalue weighted by molar-refractivity contribution is -0.211. The lowest BCUT2D eigenvalue weighted by Gasteiger charge is -2.44. The van der Waals surface area contributed by atoms with Gasteiger partial charge in [0, 0.05) is 13.7 Å². The fourth-order valence-corrected chi connectivity index (χ4v) is 4.70. The number of rotatable bonds is 3. The summed E-state index contributed by atoms with van der Waals surface area (Å²) in [6, 6.07) is 0. The van der Waals surface area contributed by atoms with E-state index < -0.39 is 28.3 Å². The van der Waals surface area contributed by atoms with Crippen molar-refractivity contribution in [3.8, 4) is 0 Å². The molecule has 2 rings (SSSR count). The van der Waals surface area contributed by atoms with Crippen LogP contribution in [0.4, 0.5) is 0 Å². The van der Waals surface area contributed by atoms with Gasteiger partial charge in [-0.1, -0.05) is 15.9 Å². The molecule has 1 N–H and O–H groups in total. The van der Waals surface area contributed by atoms with E-state index in [9.17, 15) is 9.90 Å². The Morgan fingerprint density at radius 1 is 1.67 bits per heavy atom. The van der Waals surface area contributed by atoms with Gasteiger partial charge in [-0.15, -0.1) is 0 Å². The number of esters is 1. The van der Waals surface area contributed by atoms with Crippen molar-refractivity contribution in [2.24, 2.45) is 0 Å². The standard InChI is InChI=1S/C11H14Br2O5/c1-3-17-11(16-2)6(12)4-10(15)5-7(14)18-9(10)8(11)13/h4,8-9,15H,3,5H2,1-2H3. The van der Waals surface area contributed by atoms with Gasteiger partial charge in [-0.3, -0.25) is 4.79 Å². The minimum Gasteiger partial charge on any atom is -0.457 e. The molecular formula is C11H14Br2O5. The van der Waals surface area contributed by atoms with Gasteiger partial charge in [0.15, 0.2) is 6.10 Å². The number of aliphatic hydroxyl groups is 1. The number of hydrogen-bond donors (Lipinski definition) is 1. The predicted octanol–water partition coefficient (Wildman–Crippen LogP) is 1.47. The van der Waals surface area contributed by atoms with Gasteiger partial charge in [0.25, 0.3) is 0 Å². The number of fused-ring (bicyclic) bond motifs is 1. The summed E-state index contributed by atoms with van der Waals surface area (Å²) in [6.45, 7) is 2.25. The van der Waals surface area contributed by atoms with Crippen LogP contribution in [-0.2, 0) is 19.0 Å². The Morgan fingerprint density at radius 3 is 2.89 bits per heavy atom. The first-order valence-electron chi connectivity index (χ1n) is 5.53. The second kappa shape index (κ2) is 4.86. The summed E-state index contributed by atoms with van der Waals surface area (Å²) in [5, 5.41) is 10.4. The molecule has 0 radical (unpaired) electrons. The van der Waals surface area contributed by atoms with Gasteiger partial charge in [-0.25, -0.2) is 0 Å². The molecule has 1 saturated heterocycles. The monoisotopic (exact) mass is 384 g/mol. The molecule has 0 aromatic carbocycles. The highest BCUT2D eigenvalue weighted by Crippen LogP contribution is 2.49. The highest BCUT2D eigenvalue weighted by atomic mass is 79.9. The summed E-state index contributed by atoms with van der Waals surface area (Å²) in [5.41, 5.74) is -1.33. The van der Waals surface area contributed by atoms with Gasteiger partial charge in [0.05, 0.1) is 10.9 Å². The third-order valence-corrected chi connectivity index (χ3v) is 5.04. The molecule has 102 valence electrons. The lowest BCUT2D eigenvalue weighted by Crippen LogP contribution is -2.59. The summed E-state index contributed by atoms with van der Waals surface area (Å²) in [7, 11) is 1.50. The van der Waals surface area contributed by atoms with Crippen LogP contribution >= 0.6 is 31.9 Å². The van der Waals surface area contributed by atoms with Gasteiger partial charge in [-0.05, 0) is 28.9 Å². The van der Waals surface area contributed by atoms with Gasteiger partial charge < -0.3 is 19.3 Å². The zero-order valence-corrected chi connectivity index (χ0v) is 13.2. The van der Waals surface area contributed by atoms with E-state index in [4.69, 9.17) is 14.2 Å². The smallest absolute Gasteiger partial charge is 0.309 e. The van der Waals surface area contributed by atoms with Crippen molar-refractivity contribution in [2.75, 3.05) is 13.7 Å². The topological polar surface area (TPSA) is 65.0 Å². The van der Waals surface area contributed by atoms with E-state index in [1.807, 2.05) is 6.92 Å². The van der Waals surface area contributed by atoms with Crippen LogP contribution < -0.4 is 0 Å². The molecule has 18 heavy (non-hydrogen) atoms. The minimum atomic E-state index is -1.33. The maximum atomic E-state index is 11.4. The Hall–Kier alpha value is 0.0500. The van der Waals surface area contributed by atoms with E-state index in [-0.39, 0.29) is 6.42 Å². The van der Waals surface area contributed by atoms with Crippen molar-refractivity contribution >= 4 is 37.8 Å². The fraction of sp³-hybridized carbons (Fsp3) is 0.727. The van der Waals surface area contributed by atoms with E-state index in [1.165, 1.54) is 13.2 Å². The SMILES string of the molecule is CCOC1(OC)C(Br)=CC2(O)CC(=O)OC2C1Br. The predicted molar refractivity (Wildman–Crippen MR) is 70.5 cm³/mol. The van der Waals surface area contributed by atoms with Crippen LogP contribution in [0.5, 0.6) is 0 Å². The van der Waals surface area contributed by atoms with Crippen LogP contribution in [0.15, 0.2) is 10.6 Å². The molecule has 5 nitrogen and oxygen atoms in total. The quantitative estimate of drug-likeness (QED) is 0.452. The molecule has 0 spiro atoms. The van der Waals surface area contributed by atoms with E-state index in [1.54, 1.807) is 0 Å². The summed E-state index contributed by atoms with van der Waals surface area (Å²) in [4.78, 5) is 10.9. The Labute approximate surface area is 122 Å². The van der Waals surface area contributed by atoms with Crippen molar-refractivity contribution in [1.29, 1.82) is 0 Å². The Kier molecular flexibility index (Phi) is 3.91. The third-order valence-electron chi connectivity index (χ3n) is 3.18. The highest BCUT2D eigenvalue weighted by Gasteiger charge is 2.61. The minimum absolute atomic E-state index is 0.0687. The molecule has 0 bridgehead atoms. The largest absolute Gasteiger partial charge is 0.457 e. The van der Waals surface area contributed by atoms with E-state index in [2.05, 4.69) is 31.9 Å². The van der Waals surface area contributed by atoms with Gasteiger partial charge in [0.2, 0.25) is 5.79 Å². The van der Waals surface area contributed by atoms with Crippen molar-refractivity contribution in [3.05, 3.63) is 10.6 Å². The first kappa shape index (κ1) is 14.5. The summed E-state index contributed by atoms with van der Waals surface area (Å²) in [6.07, 6.45) is 0.720. The molecule has 0 aromatic heterocycles. The number of methoxy groups -OCH3 is 1. The second-order valence-corrected chi connectivity index (χ2v) is 6.12. The zero-order chi connectivity index (χ0) is 13.6. The first-order valence-corrected chi connectivity index (χ1v) is 7.24. The normalized spacial score (nSPS) is 43.4. The van der Waals surface area contributed by atoms with Gasteiger partial charge in [0.1, 0.15) is 10.4 Å². The van der Waals surface area contributed by atoms with Crippen molar-refractivity contribution in [1.82, 2.24) is 0 Å². The Balaban J connectivity index is 2.46. The molecule has 4 unspecified atom stereocenters. The number of ether oxygens (including phenoxy) is 3. The summed E-state index contributed by atoms with van der Waals surface area (Å²) >= 11 is 6.78. The molecule has 1 aliphatic carbocycles. The Bertz CT molecular complexity index is 399. The molecular weight excluding hydrogens is 372 g/mol. The maximum absolute atomic E-state index is 11.4. The molecule has 7 heteroatoms. The average Bonchev–Trinajstić information content (AvgIpc) is 2.59. The number of alkyl halides is 1. The summed E-state index contributed by atoms with van der Waals surface area (Å²) < 4.78 is 16.8. The molecule has 0 aromatic rings. The second-order valence-electron chi connectivity index (χ2n) is 4.28. The molecule has 0 amide bonds. The van der Waals surface area contributed by atoms with E-state index in [0.29, 0.717) is 11.1 Å². The molecule has 2 aliphatic rings. The lowest BCUT2D eigenvalue weighted by atomic mass is 9.84. The maximum Gasteiger partial charge on any atom is 0.309 e.